The molecule has 1 heterocycles. The van der Waals surface area contributed by atoms with E-state index in [-0.39, 0.29) is 0 Å². The summed E-state index contributed by atoms with van der Waals surface area (Å²) in [4.78, 5) is 1.38. The topological polar surface area (TPSA) is 12.0 Å². The highest BCUT2D eigenvalue weighted by Gasteiger charge is 2.14. The first kappa shape index (κ1) is 13.8. The van der Waals surface area contributed by atoms with E-state index >= 15 is 0 Å². The third-order valence-corrected chi connectivity index (χ3v) is 5.14. The summed E-state index contributed by atoms with van der Waals surface area (Å²) in [5.41, 5.74) is 4.22. The van der Waals surface area contributed by atoms with E-state index in [9.17, 15) is 0 Å². The number of hydrogen-bond acceptors (Lipinski definition) is 2. The Bertz CT molecular complexity index is 513. The number of nitrogens with one attached hydrogen (secondary N) is 1. The van der Waals surface area contributed by atoms with Gasteiger partial charge in [-0.2, -0.15) is 0 Å². The van der Waals surface area contributed by atoms with E-state index in [1.165, 1.54) is 26.0 Å². The van der Waals surface area contributed by atoms with Gasteiger partial charge in [-0.1, -0.05) is 18.2 Å². The van der Waals surface area contributed by atoms with Gasteiger partial charge in [-0.3, -0.25) is 0 Å². The van der Waals surface area contributed by atoms with Gasteiger partial charge in [0.2, 0.25) is 0 Å². The zero-order valence-corrected chi connectivity index (χ0v) is 13.4. The average Bonchev–Trinajstić information content (AvgIpc) is 2.76. The highest BCUT2D eigenvalue weighted by molar-refractivity contribution is 9.10. The van der Waals surface area contributed by atoms with Gasteiger partial charge in [-0.25, -0.2) is 0 Å². The van der Waals surface area contributed by atoms with E-state index < -0.39 is 0 Å². The molecule has 1 atom stereocenters. The van der Waals surface area contributed by atoms with Crippen LogP contribution in [0, 0.1) is 13.8 Å². The van der Waals surface area contributed by atoms with Crippen molar-refractivity contribution >= 4 is 27.3 Å². The van der Waals surface area contributed by atoms with Crippen molar-refractivity contribution in [3.8, 4) is 0 Å². The Morgan fingerprint density at radius 3 is 2.44 bits per heavy atom. The Morgan fingerprint density at radius 2 is 1.94 bits per heavy atom. The second-order valence-electron chi connectivity index (χ2n) is 4.58. The molecular formula is C15H18BrNS. The predicted octanol–water partition coefficient (Wildman–Crippen LogP) is 4.63. The van der Waals surface area contributed by atoms with Crippen LogP contribution in [0.15, 0.2) is 34.1 Å². The van der Waals surface area contributed by atoms with Gasteiger partial charge in [-0.05, 0) is 66.0 Å². The van der Waals surface area contributed by atoms with Gasteiger partial charge in [0, 0.05) is 20.8 Å². The maximum absolute atomic E-state index is 3.53. The molecule has 3 heteroatoms. The van der Waals surface area contributed by atoms with Crippen LogP contribution in [0.1, 0.15) is 27.6 Å². The van der Waals surface area contributed by atoms with Crippen molar-refractivity contribution < 1.29 is 0 Å². The number of hydrogen-bond donors (Lipinski definition) is 1. The lowest BCUT2D eigenvalue weighted by Crippen LogP contribution is -2.18. The van der Waals surface area contributed by atoms with Gasteiger partial charge in [0.25, 0.3) is 0 Å². The molecule has 1 aromatic carbocycles. The zero-order valence-electron chi connectivity index (χ0n) is 11.0. The van der Waals surface area contributed by atoms with Gasteiger partial charge in [-0.15, -0.1) is 11.3 Å². The van der Waals surface area contributed by atoms with E-state index in [0.29, 0.717) is 6.04 Å². The smallest absolute Gasteiger partial charge is 0.0453 e. The summed E-state index contributed by atoms with van der Waals surface area (Å²) in [6, 6.07) is 9.11. The van der Waals surface area contributed by atoms with Crippen LogP contribution in [-0.4, -0.2) is 7.05 Å². The van der Waals surface area contributed by atoms with E-state index in [0.717, 1.165) is 6.42 Å². The Hall–Kier alpha value is -0.640. The van der Waals surface area contributed by atoms with Crippen LogP contribution in [0.3, 0.4) is 0 Å². The van der Waals surface area contributed by atoms with E-state index in [2.05, 4.69) is 64.7 Å². The second kappa shape index (κ2) is 6.00. The van der Waals surface area contributed by atoms with Crippen molar-refractivity contribution in [2.75, 3.05) is 7.05 Å². The quantitative estimate of drug-likeness (QED) is 0.864. The zero-order chi connectivity index (χ0) is 13.1. The minimum atomic E-state index is 0.390. The molecule has 0 saturated carbocycles. The summed E-state index contributed by atoms with van der Waals surface area (Å²) in [5.74, 6) is 0. The molecule has 1 unspecified atom stereocenters. The standard InChI is InChI=1S/C15H18BrNS/c1-10-5-4-6-11(2)13(10)8-14(17-3)15-7-12(16)9-18-15/h4-7,9,14,17H,8H2,1-3H3. The fraction of sp³-hybridized carbons (Fsp3) is 0.333. The Balaban J connectivity index is 2.26. The summed E-state index contributed by atoms with van der Waals surface area (Å²) in [6.45, 7) is 4.39. The van der Waals surface area contributed by atoms with Gasteiger partial charge in [0.15, 0.2) is 0 Å². The van der Waals surface area contributed by atoms with Crippen LogP contribution in [0.4, 0.5) is 0 Å². The Morgan fingerprint density at radius 1 is 1.28 bits per heavy atom. The molecule has 1 N–H and O–H groups in total. The number of benzene rings is 1. The number of halogens is 1. The third kappa shape index (κ3) is 3.02. The summed E-state index contributed by atoms with van der Waals surface area (Å²) in [7, 11) is 2.03. The molecule has 0 aliphatic carbocycles. The van der Waals surface area contributed by atoms with Gasteiger partial charge in [0.1, 0.15) is 0 Å². The molecule has 96 valence electrons. The fourth-order valence-electron chi connectivity index (χ4n) is 2.23. The minimum absolute atomic E-state index is 0.390. The lowest BCUT2D eigenvalue weighted by Gasteiger charge is -2.17. The molecule has 0 saturated heterocycles. The number of likely N-dealkylation sites (N-methyl/N-ethyl adjacent to an activating group) is 1. The highest BCUT2D eigenvalue weighted by atomic mass is 79.9. The molecule has 0 aliphatic rings. The maximum atomic E-state index is 3.53. The summed E-state index contributed by atoms with van der Waals surface area (Å²) in [6.07, 6.45) is 1.04. The van der Waals surface area contributed by atoms with Crippen molar-refractivity contribution in [2.24, 2.45) is 0 Å². The van der Waals surface area contributed by atoms with Crippen LogP contribution in [0.2, 0.25) is 0 Å². The molecule has 0 amide bonds. The summed E-state index contributed by atoms with van der Waals surface area (Å²) >= 11 is 5.33. The first-order valence-electron chi connectivity index (χ1n) is 6.08. The molecule has 0 aliphatic heterocycles. The normalized spacial score (nSPS) is 12.7. The first-order valence-corrected chi connectivity index (χ1v) is 7.75. The Labute approximate surface area is 121 Å². The van der Waals surface area contributed by atoms with Gasteiger partial charge < -0.3 is 5.32 Å². The highest BCUT2D eigenvalue weighted by Crippen LogP contribution is 2.29. The van der Waals surface area contributed by atoms with Crippen molar-refractivity contribution in [1.29, 1.82) is 0 Å². The summed E-state index contributed by atoms with van der Waals surface area (Å²) < 4.78 is 1.17. The number of thiophene rings is 1. The average molecular weight is 324 g/mol. The SMILES string of the molecule is CNC(Cc1c(C)cccc1C)c1cc(Br)cs1. The number of rotatable bonds is 4. The van der Waals surface area contributed by atoms with E-state index in [1.54, 1.807) is 11.3 Å². The van der Waals surface area contributed by atoms with Crippen LogP contribution in [0.25, 0.3) is 0 Å². The third-order valence-electron chi connectivity index (χ3n) is 3.33. The minimum Gasteiger partial charge on any atom is -0.312 e. The van der Waals surface area contributed by atoms with Crippen molar-refractivity contribution in [3.05, 3.63) is 55.7 Å². The van der Waals surface area contributed by atoms with Crippen molar-refractivity contribution in [1.82, 2.24) is 5.32 Å². The summed E-state index contributed by atoms with van der Waals surface area (Å²) in [5, 5.41) is 5.57. The molecule has 0 spiro atoms. The number of aryl methyl sites for hydroxylation is 2. The lowest BCUT2D eigenvalue weighted by molar-refractivity contribution is 0.599. The fourth-order valence-corrected chi connectivity index (χ4v) is 3.79. The van der Waals surface area contributed by atoms with E-state index in [4.69, 9.17) is 0 Å². The molecule has 18 heavy (non-hydrogen) atoms. The van der Waals surface area contributed by atoms with E-state index in [1.807, 2.05) is 7.05 Å². The van der Waals surface area contributed by atoms with Crippen molar-refractivity contribution in [2.45, 2.75) is 26.3 Å². The van der Waals surface area contributed by atoms with Gasteiger partial charge in [0.05, 0.1) is 0 Å². The Kier molecular flexibility index (Phi) is 4.60. The molecule has 0 bridgehead atoms. The van der Waals surface area contributed by atoms with Crippen molar-refractivity contribution in [3.63, 3.8) is 0 Å². The van der Waals surface area contributed by atoms with Crippen LogP contribution < -0.4 is 5.32 Å². The first-order chi connectivity index (χ1) is 8.61. The van der Waals surface area contributed by atoms with Crippen LogP contribution >= 0.6 is 27.3 Å². The van der Waals surface area contributed by atoms with Crippen LogP contribution in [-0.2, 0) is 6.42 Å². The molecule has 2 rings (SSSR count). The second-order valence-corrected chi connectivity index (χ2v) is 6.44. The largest absolute Gasteiger partial charge is 0.312 e. The maximum Gasteiger partial charge on any atom is 0.0453 e. The molecular weight excluding hydrogens is 306 g/mol. The monoisotopic (exact) mass is 323 g/mol. The van der Waals surface area contributed by atoms with Crippen LogP contribution in [0.5, 0.6) is 0 Å². The lowest BCUT2D eigenvalue weighted by atomic mass is 9.96. The molecule has 0 radical (unpaired) electrons. The molecule has 1 nitrogen and oxygen atoms in total. The van der Waals surface area contributed by atoms with Gasteiger partial charge >= 0.3 is 0 Å². The molecule has 2 aromatic rings. The molecule has 0 fully saturated rings. The predicted molar refractivity (Wildman–Crippen MR) is 83.4 cm³/mol. The molecule has 1 aromatic heterocycles.